The van der Waals surface area contributed by atoms with E-state index in [1.54, 1.807) is 37.5 Å². The van der Waals surface area contributed by atoms with Crippen molar-refractivity contribution in [3.8, 4) is 22.6 Å². The number of aliphatic hydroxyl groups is 1. The third-order valence-corrected chi connectivity index (χ3v) is 6.50. The van der Waals surface area contributed by atoms with Crippen LogP contribution in [-0.2, 0) is 6.54 Å². The summed E-state index contributed by atoms with van der Waals surface area (Å²) < 4.78 is 11.1. The molecule has 2 heterocycles. The van der Waals surface area contributed by atoms with E-state index in [9.17, 15) is 9.90 Å². The van der Waals surface area contributed by atoms with Gasteiger partial charge in [0.15, 0.2) is 0 Å². The molecule has 0 spiro atoms. The van der Waals surface area contributed by atoms with E-state index in [2.05, 4.69) is 16.5 Å². The fraction of sp³-hybridized carbons (Fsp3) is 0.231. The molecule has 1 atom stereocenters. The van der Waals surface area contributed by atoms with Crippen LogP contribution in [0.5, 0.6) is 11.5 Å². The van der Waals surface area contributed by atoms with E-state index in [4.69, 9.17) is 21.1 Å². The quantitative estimate of drug-likeness (QED) is 0.283. The maximum absolute atomic E-state index is 13.1. The number of H-pyrrole nitrogens is 1. The van der Waals surface area contributed by atoms with Crippen LogP contribution in [0, 0.1) is 0 Å². The number of rotatable bonds is 11. The van der Waals surface area contributed by atoms with Gasteiger partial charge >= 0.3 is 0 Å². The highest BCUT2D eigenvalue weighted by Crippen LogP contribution is 2.36. The Kier molecular flexibility index (Phi) is 8.20. The minimum Gasteiger partial charge on any atom is -0.496 e. The monoisotopic (exact) mass is 511 g/mol. The molecule has 1 unspecified atom stereocenters. The molecular weight excluding hydrogens is 486 g/mol. The number of hydrogen-bond donors (Lipinski definition) is 2. The first-order chi connectivity index (χ1) is 17.0. The number of aromatic nitrogens is 2. The zero-order valence-corrected chi connectivity index (χ0v) is 20.8. The van der Waals surface area contributed by atoms with Gasteiger partial charge in [-0.3, -0.25) is 9.69 Å². The van der Waals surface area contributed by atoms with E-state index in [1.165, 1.54) is 11.3 Å². The second-order valence-electron chi connectivity index (χ2n) is 7.94. The Balaban J connectivity index is 1.49. The number of nitrogens with zero attached hydrogens (tertiary/aromatic N) is 2. The maximum Gasteiger partial charge on any atom is 0.260 e. The molecule has 0 saturated heterocycles. The van der Waals surface area contributed by atoms with E-state index in [0.717, 1.165) is 11.1 Å². The van der Waals surface area contributed by atoms with Gasteiger partial charge in [-0.05, 0) is 30.3 Å². The van der Waals surface area contributed by atoms with Crippen molar-refractivity contribution in [3.05, 3.63) is 87.8 Å². The summed E-state index contributed by atoms with van der Waals surface area (Å²) in [6.07, 6.45) is 0.994. The summed E-state index contributed by atoms with van der Waals surface area (Å²) in [7, 11) is 1.61. The number of thiophene rings is 1. The fourth-order valence-corrected chi connectivity index (χ4v) is 4.89. The Morgan fingerprint density at radius 3 is 2.74 bits per heavy atom. The van der Waals surface area contributed by atoms with Crippen molar-refractivity contribution in [2.45, 2.75) is 12.6 Å². The highest BCUT2D eigenvalue weighted by atomic mass is 35.5. The van der Waals surface area contributed by atoms with E-state index in [-0.39, 0.29) is 12.2 Å². The van der Waals surface area contributed by atoms with E-state index >= 15 is 0 Å². The number of nitrogens with one attached hydrogen (secondary N) is 1. The van der Waals surface area contributed by atoms with Crippen LogP contribution in [0.25, 0.3) is 21.3 Å². The molecule has 4 rings (SSSR count). The molecule has 7 nitrogen and oxygen atoms in total. The van der Waals surface area contributed by atoms with Crippen molar-refractivity contribution >= 4 is 33.2 Å². The summed E-state index contributed by atoms with van der Waals surface area (Å²) >= 11 is 7.30. The first-order valence-electron chi connectivity index (χ1n) is 11.0. The third-order valence-electron chi connectivity index (χ3n) is 5.38. The van der Waals surface area contributed by atoms with Crippen LogP contribution in [0.1, 0.15) is 5.82 Å². The first-order valence-corrected chi connectivity index (χ1v) is 12.3. The first kappa shape index (κ1) is 24.9. The molecule has 0 amide bonds. The number of aromatic amines is 1. The maximum atomic E-state index is 13.1. The minimum atomic E-state index is -0.750. The van der Waals surface area contributed by atoms with Gasteiger partial charge in [-0.1, -0.05) is 35.9 Å². The number of methoxy groups -OCH3 is 1. The van der Waals surface area contributed by atoms with E-state index in [1.807, 2.05) is 34.5 Å². The normalized spacial score (nSPS) is 12.1. The Morgan fingerprint density at radius 1 is 1.23 bits per heavy atom. The number of benzene rings is 2. The average molecular weight is 512 g/mol. The summed E-state index contributed by atoms with van der Waals surface area (Å²) in [4.78, 5) is 23.2. The molecule has 182 valence electrons. The number of aliphatic hydroxyl groups excluding tert-OH is 1. The van der Waals surface area contributed by atoms with Gasteiger partial charge in [-0.2, -0.15) is 0 Å². The molecule has 0 bridgehead atoms. The van der Waals surface area contributed by atoms with Gasteiger partial charge in [0, 0.05) is 34.6 Å². The van der Waals surface area contributed by atoms with Crippen LogP contribution in [0.15, 0.2) is 71.4 Å². The van der Waals surface area contributed by atoms with Crippen molar-refractivity contribution in [2.24, 2.45) is 0 Å². The lowest BCUT2D eigenvalue weighted by Gasteiger charge is -2.23. The number of fused-ring (bicyclic) bond motifs is 1. The molecule has 0 aliphatic carbocycles. The van der Waals surface area contributed by atoms with Crippen molar-refractivity contribution in [1.82, 2.24) is 14.9 Å². The number of halogens is 1. The van der Waals surface area contributed by atoms with E-state index in [0.29, 0.717) is 52.2 Å². The zero-order chi connectivity index (χ0) is 24.8. The minimum absolute atomic E-state index is 0.117. The van der Waals surface area contributed by atoms with Crippen LogP contribution < -0.4 is 15.0 Å². The van der Waals surface area contributed by atoms with Crippen LogP contribution in [0.2, 0.25) is 5.02 Å². The summed E-state index contributed by atoms with van der Waals surface area (Å²) in [5, 5.41) is 13.6. The predicted octanol–water partition coefficient (Wildman–Crippen LogP) is 4.74. The molecule has 4 aromatic rings. The SMILES string of the molecule is C=CCN(Cc1nc2scc(-c3ccccc3OC)c2c(=O)[nH]1)CC(O)COc1ccc(Cl)cc1. The van der Waals surface area contributed by atoms with Gasteiger partial charge < -0.3 is 19.6 Å². The Labute approximate surface area is 212 Å². The molecule has 0 fully saturated rings. The Bertz CT molecular complexity index is 1350. The van der Waals surface area contributed by atoms with E-state index < -0.39 is 6.10 Å². The van der Waals surface area contributed by atoms with Crippen molar-refractivity contribution in [1.29, 1.82) is 0 Å². The fourth-order valence-electron chi connectivity index (χ4n) is 3.81. The number of ether oxygens (including phenoxy) is 2. The second kappa shape index (κ2) is 11.5. The molecule has 0 radical (unpaired) electrons. The van der Waals surface area contributed by atoms with Crippen molar-refractivity contribution in [2.75, 3.05) is 26.8 Å². The van der Waals surface area contributed by atoms with Gasteiger partial charge in [0.05, 0.1) is 19.0 Å². The van der Waals surface area contributed by atoms with Gasteiger partial charge in [0.25, 0.3) is 5.56 Å². The molecule has 2 N–H and O–H groups in total. The van der Waals surface area contributed by atoms with Crippen molar-refractivity contribution < 1.29 is 14.6 Å². The van der Waals surface area contributed by atoms with Crippen LogP contribution >= 0.6 is 22.9 Å². The summed E-state index contributed by atoms with van der Waals surface area (Å²) in [6, 6.07) is 14.6. The summed E-state index contributed by atoms with van der Waals surface area (Å²) in [5.41, 5.74) is 1.43. The largest absolute Gasteiger partial charge is 0.496 e. The highest BCUT2D eigenvalue weighted by Gasteiger charge is 2.18. The van der Waals surface area contributed by atoms with Crippen molar-refractivity contribution in [3.63, 3.8) is 0 Å². The molecule has 2 aromatic carbocycles. The lowest BCUT2D eigenvalue weighted by molar-refractivity contribution is 0.0689. The third kappa shape index (κ3) is 6.10. The molecule has 35 heavy (non-hydrogen) atoms. The van der Waals surface area contributed by atoms with Gasteiger partial charge in [0.2, 0.25) is 0 Å². The molecule has 2 aromatic heterocycles. The van der Waals surface area contributed by atoms with Crippen LogP contribution in [0.3, 0.4) is 0 Å². The van der Waals surface area contributed by atoms with Crippen LogP contribution in [0.4, 0.5) is 0 Å². The Hall–Kier alpha value is -3.17. The molecule has 0 aliphatic rings. The summed E-state index contributed by atoms with van der Waals surface area (Å²) in [5.74, 6) is 1.84. The molecular formula is C26H26ClN3O4S. The number of hydrogen-bond acceptors (Lipinski definition) is 7. The lowest BCUT2D eigenvalue weighted by atomic mass is 10.1. The topological polar surface area (TPSA) is 87.7 Å². The van der Waals surface area contributed by atoms with Gasteiger partial charge in [-0.25, -0.2) is 4.98 Å². The second-order valence-corrected chi connectivity index (χ2v) is 9.24. The van der Waals surface area contributed by atoms with Crippen LogP contribution in [-0.4, -0.2) is 52.9 Å². The molecule has 9 heteroatoms. The smallest absolute Gasteiger partial charge is 0.260 e. The Morgan fingerprint density at radius 2 is 2.00 bits per heavy atom. The zero-order valence-electron chi connectivity index (χ0n) is 19.2. The molecule has 0 saturated carbocycles. The standard InChI is InChI=1S/C26H26ClN3O4S/c1-3-12-30(13-18(31)15-34-19-10-8-17(27)9-11-19)14-23-28-25(32)24-21(16-35-26(24)29-23)20-6-4-5-7-22(20)33-2/h3-11,16,18,31H,1,12-15H2,2H3,(H,28,29,32). The van der Waals surface area contributed by atoms with Gasteiger partial charge in [0.1, 0.15) is 34.9 Å². The summed E-state index contributed by atoms with van der Waals surface area (Å²) in [6.45, 7) is 5.09. The molecule has 0 aliphatic heterocycles. The average Bonchev–Trinajstić information content (AvgIpc) is 3.28. The predicted molar refractivity (Wildman–Crippen MR) is 141 cm³/mol. The van der Waals surface area contributed by atoms with Gasteiger partial charge in [-0.15, -0.1) is 17.9 Å². The lowest BCUT2D eigenvalue weighted by Crippen LogP contribution is -2.36. The highest BCUT2D eigenvalue weighted by molar-refractivity contribution is 7.17. The number of para-hydroxylation sites is 1.